The van der Waals surface area contributed by atoms with Crippen LogP contribution in [0.5, 0.6) is 0 Å². The zero-order valence-electron chi connectivity index (χ0n) is 18.0. The number of benzene rings is 2. The van der Waals surface area contributed by atoms with Gasteiger partial charge in [-0.25, -0.2) is 0 Å². The molecule has 3 atom stereocenters. The minimum atomic E-state index is 0.0558. The average molecular weight is 409 g/mol. The van der Waals surface area contributed by atoms with Crippen LogP contribution in [0.25, 0.3) is 11.1 Å². The summed E-state index contributed by atoms with van der Waals surface area (Å²) in [6, 6.07) is 17.7. The standard InChI is InChI=1S/C25H32N2O3/c1-18-5-7-19(8-6-18)20-9-11-21(12-10-20)25-22-15-26(24(29)17-30-2)13-3-4-14-27(22)23(25)16-28/h5-12,22-23,25,28H,3-4,13-17H2,1-2H3/t22-,23-,25-/m0/s1. The lowest BCUT2D eigenvalue weighted by Crippen LogP contribution is -2.68. The van der Waals surface area contributed by atoms with E-state index in [4.69, 9.17) is 4.74 Å². The van der Waals surface area contributed by atoms with Gasteiger partial charge in [-0.15, -0.1) is 0 Å². The number of rotatable bonds is 5. The van der Waals surface area contributed by atoms with Gasteiger partial charge in [0.05, 0.1) is 6.61 Å². The number of hydrogen-bond acceptors (Lipinski definition) is 4. The normalized spacial score (nSPS) is 24.5. The zero-order valence-corrected chi connectivity index (χ0v) is 18.0. The van der Waals surface area contributed by atoms with Crippen LogP contribution < -0.4 is 0 Å². The van der Waals surface area contributed by atoms with Crippen molar-refractivity contribution >= 4 is 5.91 Å². The average Bonchev–Trinajstić information content (AvgIpc) is 2.74. The van der Waals surface area contributed by atoms with E-state index in [1.54, 1.807) is 7.11 Å². The van der Waals surface area contributed by atoms with E-state index in [9.17, 15) is 9.90 Å². The Labute approximate surface area is 179 Å². The number of aryl methyl sites for hydroxylation is 1. The smallest absolute Gasteiger partial charge is 0.248 e. The number of aliphatic hydroxyl groups excluding tert-OH is 1. The third-order valence-electron chi connectivity index (χ3n) is 6.67. The molecule has 0 aliphatic carbocycles. The number of ether oxygens (including phenoxy) is 1. The first-order valence-electron chi connectivity index (χ1n) is 10.9. The van der Waals surface area contributed by atoms with Crippen molar-refractivity contribution in [2.75, 3.05) is 40.0 Å². The number of amides is 1. The van der Waals surface area contributed by atoms with Crippen molar-refractivity contribution in [3.8, 4) is 11.1 Å². The predicted molar refractivity (Wildman–Crippen MR) is 118 cm³/mol. The van der Waals surface area contributed by atoms with Gasteiger partial charge in [-0.05, 0) is 43.0 Å². The van der Waals surface area contributed by atoms with E-state index in [0.717, 1.165) is 25.9 Å². The molecule has 2 aromatic carbocycles. The van der Waals surface area contributed by atoms with Gasteiger partial charge in [0.1, 0.15) is 6.61 Å². The summed E-state index contributed by atoms with van der Waals surface area (Å²) in [4.78, 5) is 16.8. The Hall–Kier alpha value is -2.21. The molecule has 2 saturated heterocycles. The molecular weight excluding hydrogens is 376 g/mol. The van der Waals surface area contributed by atoms with Crippen LogP contribution in [0.4, 0.5) is 0 Å². The van der Waals surface area contributed by atoms with Gasteiger partial charge in [-0.3, -0.25) is 9.69 Å². The van der Waals surface area contributed by atoms with E-state index in [-0.39, 0.29) is 37.1 Å². The molecule has 1 N–H and O–H groups in total. The largest absolute Gasteiger partial charge is 0.395 e. The third-order valence-corrected chi connectivity index (χ3v) is 6.67. The molecule has 2 aliphatic heterocycles. The van der Waals surface area contributed by atoms with E-state index >= 15 is 0 Å². The molecule has 160 valence electrons. The molecule has 2 fully saturated rings. The van der Waals surface area contributed by atoms with Crippen LogP contribution in [-0.2, 0) is 9.53 Å². The molecule has 5 nitrogen and oxygen atoms in total. The quantitative estimate of drug-likeness (QED) is 0.826. The van der Waals surface area contributed by atoms with Crippen molar-refractivity contribution in [1.29, 1.82) is 0 Å². The maximum absolute atomic E-state index is 12.5. The summed E-state index contributed by atoms with van der Waals surface area (Å²) < 4.78 is 5.08. The minimum absolute atomic E-state index is 0.0558. The molecule has 1 amide bonds. The van der Waals surface area contributed by atoms with Gasteiger partial charge in [0.2, 0.25) is 5.91 Å². The first-order chi connectivity index (χ1) is 14.6. The molecule has 0 radical (unpaired) electrons. The number of aliphatic hydroxyl groups is 1. The maximum atomic E-state index is 12.5. The van der Waals surface area contributed by atoms with Gasteiger partial charge in [0.15, 0.2) is 0 Å². The van der Waals surface area contributed by atoms with Crippen molar-refractivity contribution in [3.05, 3.63) is 59.7 Å². The maximum Gasteiger partial charge on any atom is 0.248 e. The lowest BCUT2D eigenvalue weighted by atomic mass is 9.74. The fourth-order valence-corrected chi connectivity index (χ4v) is 5.03. The van der Waals surface area contributed by atoms with E-state index in [2.05, 4.69) is 60.4 Å². The highest BCUT2D eigenvalue weighted by molar-refractivity contribution is 5.77. The van der Waals surface area contributed by atoms with Gasteiger partial charge in [0.25, 0.3) is 0 Å². The summed E-state index contributed by atoms with van der Waals surface area (Å²) in [5.74, 6) is 0.290. The van der Waals surface area contributed by atoms with E-state index in [1.807, 2.05) is 4.90 Å². The first-order valence-corrected chi connectivity index (χ1v) is 10.9. The Balaban J connectivity index is 1.55. The predicted octanol–water partition coefficient (Wildman–Crippen LogP) is 3.06. The van der Waals surface area contributed by atoms with Crippen LogP contribution >= 0.6 is 0 Å². The summed E-state index contributed by atoms with van der Waals surface area (Å²) in [6.45, 7) is 4.84. The number of nitrogens with zero attached hydrogens (tertiary/aromatic N) is 2. The zero-order chi connectivity index (χ0) is 21.1. The molecular formula is C25H32N2O3. The Morgan fingerprint density at radius 3 is 2.30 bits per heavy atom. The Morgan fingerprint density at radius 2 is 1.67 bits per heavy atom. The second-order valence-electron chi connectivity index (χ2n) is 8.55. The van der Waals surface area contributed by atoms with Crippen molar-refractivity contribution in [2.45, 2.75) is 37.8 Å². The fourth-order valence-electron chi connectivity index (χ4n) is 5.03. The van der Waals surface area contributed by atoms with Gasteiger partial charge in [0, 0.05) is 38.2 Å². The highest BCUT2D eigenvalue weighted by Gasteiger charge is 2.49. The summed E-state index contributed by atoms with van der Waals surface area (Å²) in [5, 5.41) is 10.1. The second-order valence-corrected chi connectivity index (χ2v) is 8.55. The number of fused-ring (bicyclic) bond motifs is 1. The Kier molecular flexibility index (Phi) is 6.52. The lowest BCUT2D eigenvalue weighted by Gasteiger charge is -2.57. The van der Waals surface area contributed by atoms with Crippen LogP contribution in [0, 0.1) is 6.92 Å². The monoisotopic (exact) mass is 408 g/mol. The van der Waals surface area contributed by atoms with Crippen molar-refractivity contribution in [1.82, 2.24) is 9.80 Å². The van der Waals surface area contributed by atoms with E-state index in [0.29, 0.717) is 6.54 Å². The molecule has 2 heterocycles. The molecule has 2 aromatic rings. The van der Waals surface area contributed by atoms with E-state index < -0.39 is 0 Å². The molecule has 0 aromatic heterocycles. The summed E-state index contributed by atoms with van der Waals surface area (Å²) in [5.41, 5.74) is 4.91. The van der Waals surface area contributed by atoms with Crippen LogP contribution in [-0.4, -0.2) is 72.9 Å². The lowest BCUT2D eigenvalue weighted by molar-refractivity contribution is -0.140. The van der Waals surface area contributed by atoms with Gasteiger partial charge >= 0.3 is 0 Å². The SMILES string of the molecule is COCC(=O)N1CCCCN2[C@@H](CO)[C@@H](c3ccc(-c4ccc(C)cc4)cc3)[C@@H]2C1. The van der Waals surface area contributed by atoms with Crippen LogP contribution in [0.15, 0.2) is 48.5 Å². The molecule has 30 heavy (non-hydrogen) atoms. The van der Waals surface area contributed by atoms with Gasteiger partial charge in [-0.1, -0.05) is 54.1 Å². The number of hydrogen-bond donors (Lipinski definition) is 1. The van der Waals surface area contributed by atoms with E-state index in [1.165, 1.54) is 22.3 Å². The Bertz CT molecular complexity index is 850. The molecule has 0 saturated carbocycles. The van der Waals surface area contributed by atoms with Gasteiger partial charge < -0.3 is 14.7 Å². The molecule has 4 rings (SSSR count). The second kappa shape index (κ2) is 9.29. The highest BCUT2D eigenvalue weighted by Crippen LogP contribution is 2.42. The molecule has 5 heteroatoms. The van der Waals surface area contributed by atoms with Crippen molar-refractivity contribution in [2.24, 2.45) is 0 Å². The highest BCUT2D eigenvalue weighted by atomic mass is 16.5. The van der Waals surface area contributed by atoms with Crippen molar-refractivity contribution in [3.63, 3.8) is 0 Å². The molecule has 0 unspecified atom stereocenters. The van der Waals surface area contributed by atoms with Crippen molar-refractivity contribution < 1.29 is 14.6 Å². The molecule has 0 spiro atoms. The topological polar surface area (TPSA) is 53.0 Å². The fraction of sp³-hybridized carbons (Fsp3) is 0.480. The van der Waals surface area contributed by atoms with Gasteiger partial charge in [-0.2, -0.15) is 0 Å². The first kappa shape index (κ1) is 21.0. The Morgan fingerprint density at radius 1 is 1.03 bits per heavy atom. The third kappa shape index (κ3) is 4.15. The summed E-state index contributed by atoms with van der Waals surface area (Å²) in [7, 11) is 1.57. The molecule has 2 aliphatic rings. The minimum Gasteiger partial charge on any atom is -0.395 e. The number of carbonyl (C=O) groups excluding carboxylic acids is 1. The number of methoxy groups -OCH3 is 1. The van der Waals surface area contributed by atoms with Crippen LogP contribution in [0.3, 0.4) is 0 Å². The molecule has 0 bridgehead atoms. The summed E-state index contributed by atoms with van der Waals surface area (Å²) in [6.07, 6.45) is 2.04. The number of carbonyl (C=O) groups is 1. The van der Waals surface area contributed by atoms with Crippen LogP contribution in [0.2, 0.25) is 0 Å². The summed E-state index contributed by atoms with van der Waals surface area (Å²) >= 11 is 0. The van der Waals surface area contributed by atoms with Crippen LogP contribution in [0.1, 0.15) is 29.9 Å².